The number of carbonyl (C=O) groups excluding carboxylic acids is 1. The third-order valence-corrected chi connectivity index (χ3v) is 7.12. The number of thiophene rings is 1. The van der Waals surface area contributed by atoms with Crippen LogP contribution in [-0.4, -0.2) is 32.2 Å². The number of nitrogens with zero attached hydrogens (tertiary/aromatic N) is 5. The number of benzene rings is 2. The molecule has 0 saturated carbocycles. The van der Waals surface area contributed by atoms with Gasteiger partial charge in [0.05, 0.1) is 16.0 Å². The maximum absolute atomic E-state index is 13.4. The first-order chi connectivity index (χ1) is 17.6. The first-order valence-corrected chi connectivity index (χ1v) is 12.5. The predicted molar refractivity (Wildman–Crippen MR) is 142 cm³/mol. The van der Waals surface area contributed by atoms with E-state index in [2.05, 4.69) is 10.3 Å². The molecule has 36 heavy (non-hydrogen) atoms. The highest BCUT2D eigenvalue weighted by Crippen LogP contribution is 2.29. The van der Waals surface area contributed by atoms with E-state index in [4.69, 9.17) is 10.1 Å². The zero-order chi connectivity index (χ0) is 24.6. The van der Waals surface area contributed by atoms with Crippen LogP contribution >= 0.6 is 11.3 Å². The highest BCUT2D eigenvalue weighted by molar-refractivity contribution is 7.13. The summed E-state index contributed by atoms with van der Waals surface area (Å²) in [7, 11) is 0. The lowest BCUT2D eigenvalue weighted by atomic mass is 10.2. The monoisotopic (exact) mass is 494 g/mol. The lowest BCUT2D eigenvalue weighted by molar-refractivity contribution is -0.117. The fraction of sp³-hybridized carbons (Fsp3) is 0.148. The number of nitrogens with one attached hydrogen (secondary N) is 1. The molecule has 4 heterocycles. The minimum absolute atomic E-state index is 0.151. The molecule has 2 aromatic carbocycles. The second-order valence-corrected chi connectivity index (χ2v) is 9.55. The summed E-state index contributed by atoms with van der Waals surface area (Å²) in [6.07, 6.45) is 3.03. The van der Waals surface area contributed by atoms with Crippen molar-refractivity contribution in [3.05, 3.63) is 88.2 Å². The van der Waals surface area contributed by atoms with E-state index in [-0.39, 0.29) is 11.5 Å². The number of amides is 1. The van der Waals surface area contributed by atoms with E-state index in [1.807, 2.05) is 73.0 Å². The highest BCUT2D eigenvalue weighted by Gasteiger charge is 2.21. The molecule has 1 aliphatic heterocycles. The number of anilines is 3. The molecular weight excluding hydrogens is 472 g/mol. The summed E-state index contributed by atoms with van der Waals surface area (Å²) in [5, 5.41) is 10.3. The Balaban J connectivity index is 1.41. The van der Waals surface area contributed by atoms with Crippen LogP contribution < -0.4 is 15.8 Å². The lowest BCUT2D eigenvalue weighted by Crippen LogP contribution is -2.23. The second-order valence-electron chi connectivity index (χ2n) is 8.61. The van der Waals surface area contributed by atoms with Gasteiger partial charge in [0.2, 0.25) is 11.9 Å². The van der Waals surface area contributed by atoms with Gasteiger partial charge in [-0.25, -0.2) is 9.97 Å². The Labute approximate surface area is 210 Å². The Morgan fingerprint density at radius 2 is 1.83 bits per heavy atom. The summed E-state index contributed by atoms with van der Waals surface area (Å²) in [6.45, 7) is 2.70. The molecule has 9 heteroatoms. The maximum atomic E-state index is 13.4. The summed E-state index contributed by atoms with van der Waals surface area (Å²) in [6, 6.07) is 19.2. The molecule has 3 aromatic heterocycles. The number of aryl methyl sites for hydroxylation is 1. The summed E-state index contributed by atoms with van der Waals surface area (Å²) >= 11 is 1.54. The van der Waals surface area contributed by atoms with E-state index in [1.165, 1.54) is 16.0 Å². The van der Waals surface area contributed by atoms with Crippen molar-refractivity contribution in [3.8, 4) is 16.3 Å². The number of aromatic nitrogens is 4. The number of para-hydroxylation sites is 1. The van der Waals surface area contributed by atoms with Crippen LogP contribution in [0.25, 0.3) is 27.2 Å². The maximum Gasteiger partial charge on any atom is 0.282 e. The molecule has 1 fully saturated rings. The van der Waals surface area contributed by atoms with Crippen LogP contribution in [0, 0.1) is 6.92 Å². The molecule has 1 amide bonds. The summed E-state index contributed by atoms with van der Waals surface area (Å²) < 4.78 is 1.43. The number of hydrogen-bond donors (Lipinski definition) is 1. The quantitative estimate of drug-likeness (QED) is 0.366. The molecule has 8 nitrogen and oxygen atoms in total. The minimum Gasteiger partial charge on any atom is -0.324 e. The van der Waals surface area contributed by atoms with E-state index in [0.717, 1.165) is 40.5 Å². The van der Waals surface area contributed by atoms with Crippen molar-refractivity contribution in [1.29, 1.82) is 0 Å². The average Bonchev–Trinajstić information content (AvgIpc) is 3.58. The van der Waals surface area contributed by atoms with Gasteiger partial charge in [0.1, 0.15) is 11.2 Å². The van der Waals surface area contributed by atoms with E-state index in [1.54, 1.807) is 11.1 Å². The van der Waals surface area contributed by atoms with E-state index in [9.17, 15) is 9.59 Å². The lowest BCUT2D eigenvalue weighted by Gasteiger charge is -2.16. The zero-order valence-corrected chi connectivity index (χ0v) is 20.3. The normalized spacial score (nSPS) is 13.5. The molecular formula is C27H22N6O2S. The summed E-state index contributed by atoms with van der Waals surface area (Å²) in [4.78, 5) is 37.3. The van der Waals surface area contributed by atoms with Crippen LogP contribution in [0.15, 0.2) is 77.0 Å². The Bertz CT molecular complexity index is 1640. The highest BCUT2D eigenvalue weighted by atomic mass is 32.1. The van der Waals surface area contributed by atoms with E-state index in [0.29, 0.717) is 29.0 Å². The number of hydrogen-bond acceptors (Lipinski definition) is 7. The topological polar surface area (TPSA) is 93.0 Å². The Morgan fingerprint density at radius 3 is 2.56 bits per heavy atom. The summed E-state index contributed by atoms with van der Waals surface area (Å²) in [5.41, 5.74) is 4.17. The van der Waals surface area contributed by atoms with Gasteiger partial charge in [-0.1, -0.05) is 24.3 Å². The van der Waals surface area contributed by atoms with Gasteiger partial charge in [-0.05, 0) is 60.7 Å². The van der Waals surface area contributed by atoms with Crippen LogP contribution in [-0.2, 0) is 4.79 Å². The van der Waals surface area contributed by atoms with Gasteiger partial charge in [-0.2, -0.15) is 9.78 Å². The Morgan fingerprint density at radius 1 is 1.00 bits per heavy atom. The van der Waals surface area contributed by atoms with Crippen molar-refractivity contribution >= 4 is 45.5 Å². The van der Waals surface area contributed by atoms with Crippen molar-refractivity contribution in [2.24, 2.45) is 0 Å². The molecule has 1 aliphatic rings. The molecule has 0 unspecified atom stereocenters. The first-order valence-electron chi connectivity index (χ1n) is 11.7. The van der Waals surface area contributed by atoms with Crippen molar-refractivity contribution in [2.45, 2.75) is 19.8 Å². The fourth-order valence-electron chi connectivity index (χ4n) is 4.40. The molecule has 5 aromatic rings. The van der Waals surface area contributed by atoms with E-state index >= 15 is 0 Å². The Kier molecular flexibility index (Phi) is 5.54. The molecule has 0 spiro atoms. The third-order valence-electron chi connectivity index (χ3n) is 6.24. The molecule has 6 rings (SSSR count). The molecule has 0 bridgehead atoms. The molecule has 1 N–H and O–H groups in total. The molecule has 1 saturated heterocycles. The second kappa shape index (κ2) is 9.01. The SMILES string of the molecule is Cc1ccccc1-n1nc(-c2cccs2)c2nc(Nc3ccc(N4CCCC4=O)cc3)ncc2c1=O. The van der Waals surface area contributed by atoms with Crippen LogP contribution in [0.4, 0.5) is 17.3 Å². The average molecular weight is 495 g/mol. The largest absolute Gasteiger partial charge is 0.324 e. The molecule has 0 atom stereocenters. The molecule has 178 valence electrons. The van der Waals surface area contributed by atoms with Gasteiger partial charge in [0.15, 0.2) is 0 Å². The standard InChI is InChI=1S/C27H22N6O2S/c1-17-6-2-3-7-21(17)33-26(35)20-16-28-27(30-24(20)25(31-33)22-8-5-15-36-22)29-18-10-12-19(13-11-18)32-14-4-9-23(32)34/h2-3,5-8,10-13,15-16H,4,9,14H2,1H3,(H,28,29,30). The van der Waals surface area contributed by atoms with Gasteiger partial charge >= 0.3 is 0 Å². The predicted octanol–water partition coefficient (Wildman–Crippen LogP) is 5.08. The smallest absolute Gasteiger partial charge is 0.282 e. The Hall–Kier alpha value is -4.37. The zero-order valence-electron chi connectivity index (χ0n) is 19.5. The van der Waals surface area contributed by atoms with Crippen LogP contribution in [0.3, 0.4) is 0 Å². The van der Waals surface area contributed by atoms with Crippen molar-refractivity contribution in [3.63, 3.8) is 0 Å². The summed E-state index contributed by atoms with van der Waals surface area (Å²) in [5.74, 6) is 0.513. The first kappa shape index (κ1) is 22.1. The van der Waals surface area contributed by atoms with Crippen molar-refractivity contribution < 1.29 is 4.79 Å². The third kappa shape index (κ3) is 3.93. The van der Waals surface area contributed by atoms with Gasteiger partial charge in [0, 0.05) is 30.5 Å². The number of carbonyl (C=O) groups is 1. The van der Waals surface area contributed by atoms with Gasteiger partial charge in [0.25, 0.3) is 5.56 Å². The van der Waals surface area contributed by atoms with Gasteiger partial charge in [-0.3, -0.25) is 9.59 Å². The fourth-order valence-corrected chi connectivity index (χ4v) is 5.11. The van der Waals surface area contributed by atoms with Crippen LogP contribution in [0.5, 0.6) is 0 Å². The van der Waals surface area contributed by atoms with Gasteiger partial charge < -0.3 is 10.2 Å². The molecule has 0 aliphatic carbocycles. The molecule has 0 radical (unpaired) electrons. The number of rotatable bonds is 5. The number of fused-ring (bicyclic) bond motifs is 1. The van der Waals surface area contributed by atoms with Crippen molar-refractivity contribution in [1.82, 2.24) is 19.7 Å². The van der Waals surface area contributed by atoms with E-state index < -0.39 is 0 Å². The van der Waals surface area contributed by atoms with Gasteiger partial charge in [-0.15, -0.1) is 11.3 Å². The van der Waals surface area contributed by atoms with Crippen LogP contribution in [0.1, 0.15) is 18.4 Å². The van der Waals surface area contributed by atoms with Crippen molar-refractivity contribution in [2.75, 3.05) is 16.8 Å². The van der Waals surface area contributed by atoms with Crippen LogP contribution in [0.2, 0.25) is 0 Å². The minimum atomic E-state index is -0.272.